The van der Waals surface area contributed by atoms with E-state index in [1.807, 2.05) is 47.9 Å². The molecule has 2 aromatic heterocycles. The second kappa shape index (κ2) is 20.3. The summed E-state index contributed by atoms with van der Waals surface area (Å²) in [5.41, 5.74) is 21.2. The van der Waals surface area contributed by atoms with Crippen LogP contribution in [-0.4, -0.2) is 101 Å². The molecular formula is C40H52N10O5S. The summed E-state index contributed by atoms with van der Waals surface area (Å²) < 4.78 is 11.6. The quantitative estimate of drug-likeness (QED) is 0.148. The van der Waals surface area contributed by atoms with Gasteiger partial charge in [0, 0.05) is 81.4 Å². The van der Waals surface area contributed by atoms with E-state index in [-0.39, 0.29) is 51.8 Å². The lowest BCUT2D eigenvalue weighted by atomic mass is 10.0. The SMILES string of the molecule is CC(=O)N1CCC(N)CC1.CC(=O)N1CCC(Nc2ncc(C(=O)c3ccc(C)cc3)c(N)n2)CC1.CCS(=O)c1ncc(C(=O)c2ccc(C)cc2)c(N)n1. The van der Waals surface area contributed by atoms with Crippen molar-refractivity contribution in [2.24, 2.45) is 5.73 Å². The Hall–Kier alpha value is -5.61. The molecule has 16 heteroatoms. The maximum Gasteiger partial charge on any atom is 0.224 e. The number of ketones is 2. The van der Waals surface area contributed by atoms with E-state index in [0.29, 0.717) is 47.5 Å². The molecule has 1 atom stereocenters. The summed E-state index contributed by atoms with van der Waals surface area (Å²) in [5.74, 6) is 0.876. The molecule has 0 radical (unpaired) electrons. The van der Waals surface area contributed by atoms with Crippen LogP contribution in [0, 0.1) is 13.8 Å². The van der Waals surface area contributed by atoms with E-state index in [0.717, 1.165) is 49.9 Å². The Labute approximate surface area is 330 Å². The average molecular weight is 785 g/mol. The first-order valence-corrected chi connectivity index (χ1v) is 19.9. The number of piperidine rings is 2. The van der Waals surface area contributed by atoms with Crippen LogP contribution in [0.1, 0.15) is 89.4 Å². The van der Waals surface area contributed by atoms with E-state index in [9.17, 15) is 23.4 Å². The molecule has 56 heavy (non-hydrogen) atoms. The van der Waals surface area contributed by atoms with Crippen molar-refractivity contribution in [3.05, 3.63) is 94.3 Å². The third-order valence-electron chi connectivity index (χ3n) is 9.46. The van der Waals surface area contributed by atoms with Gasteiger partial charge in [0.2, 0.25) is 22.9 Å². The maximum atomic E-state index is 12.6. The lowest BCUT2D eigenvalue weighted by Gasteiger charge is -2.31. The minimum Gasteiger partial charge on any atom is -0.383 e. The van der Waals surface area contributed by atoms with Crippen LogP contribution >= 0.6 is 0 Å². The number of nitrogens with zero attached hydrogens (tertiary/aromatic N) is 6. The standard InChI is InChI=1S/C19H23N5O2.C14H15N3O2S.C7H14N2O/c1-12-3-5-14(6-4-12)17(26)16-11-21-19(23-18(16)20)22-15-7-9-24(10-8-15)13(2)25;1-3-20(19)14-16-8-11(13(15)17-14)12(18)10-6-4-9(2)5-7-10;1-6(10)9-4-2-7(8)3-5-9/h3-6,11,15H,7-10H2,1-2H3,(H3,20,21,22,23);4-8H,3H2,1-2H3,(H2,15,16,17);7H,2-5,8H2,1H3. The monoisotopic (exact) mass is 784 g/mol. The molecule has 7 N–H and O–H groups in total. The van der Waals surface area contributed by atoms with Crippen molar-refractivity contribution < 1.29 is 23.4 Å². The number of carbonyl (C=O) groups is 4. The van der Waals surface area contributed by atoms with Crippen LogP contribution in [0.4, 0.5) is 17.6 Å². The number of amides is 2. The van der Waals surface area contributed by atoms with Gasteiger partial charge in [-0.05, 0) is 39.5 Å². The second-order valence-electron chi connectivity index (χ2n) is 13.7. The maximum absolute atomic E-state index is 12.6. The van der Waals surface area contributed by atoms with Crippen molar-refractivity contribution in [1.82, 2.24) is 29.7 Å². The third kappa shape index (κ3) is 12.2. The van der Waals surface area contributed by atoms with Gasteiger partial charge in [-0.3, -0.25) is 23.4 Å². The number of anilines is 3. The predicted molar refractivity (Wildman–Crippen MR) is 217 cm³/mol. The zero-order chi connectivity index (χ0) is 40.9. The first kappa shape index (κ1) is 43.1. The summed E-state index contributed by atoms with van der Waals surface area (Å²) >= 11 is 0. The second-order valence-corrected chi connectivity index (χ2v) is 15.4. The van der Waals surface area contributed by atoms with Crippen molar-refractivity contribution in [3.8, 4) is 0 Å². The van der Waals surface area contributed by atoms with Gasteiger partial charge in [0.25, 0.3) is 0 Å². The molecule has 2 saturated heterocycles. The minimum atomic E-state index is -1.28. The van der Waals surface area contributed by atoms with Crippen LogP contribution in [0.15, 0.2) is 66.1 Å². The number of nitrogens with one attached hydrogen (secondary N) is 1. The number of nitrogens with two attached hydrogens (primary N) is 3. The van der Waals surface area contributed by atoms with Crippen LogP contribution in [0.2, 0.25) is 0 Å². The van der Waals surface area contributed by atoms with Crippen LogP contribution < -0.4 is 22.5 Å². The van der Waals surface area contributed by atoms with Crippen LogP contribution in [0.5, 0.6) is 0 Å². The van der Waals surface area contributed by atoms with E-state index in [4.69, 9.17) is 17.2 Å². The molecule has 6 rings (SSSR count). The van der Waals surface area contributed by atoms with Crippen molar-refractivity contribution in [1.29, 1.82) is 0 Å². The van der Waals surface area contributed by atoms with E-state index in [2.05, 4.69) is 25.3 Å². The molecule has 4 heterocycles. The van der Waals surface area contributed by atoms with Gasteiger partial charge in [0.15, 0.2) is 11.6 Å². The van der Waals surface area contributed by atoms with Gasteiger partial charge < -0.3 is 32.3 Å². The summed E-state index contributed by atoms with van der Waals surface area (Å²) in [6, 6.07) is 15.0. The molecule has 0 spiro atoms. The summed E-state index contributed by atoms with van der Waals surface area (Å²) in [6.45, 7) is 12.0. The number of hydrogen-bond donors (Lipinski definition) is 4. The van der Waals surface area contributed by atoms with Gasteiger partial charge in [-0.2, -0.15) is 4.98 Å². The zero-order valence-electron chi connectivity index (χ0n) is 32.7. The lowest BCUT2D eigenvalue weighted by Crippen LogP contribution is -2.41. The summed E-state index contributed by atoms with van der Waals surface area (Å²) in [5, 5.41) is 3.40. The fourth-order valence-electron chi connectivity index (χ4n) is 5.89. The van der Waals surface area contributed by atoms with Gasteiger partial charge in [-0.25, -0.2) is 15.0 Å². The molecule has 1 unspecified atom stereocenters. The lowest BCUT2D eigenvalue weighted by molar-refractivity contribution is -0.130. The van der Waals surface area contributed by atoms with E-state index in [1.54, 1.807) is 45.0 Å². The molecule has 2 amide bonds. The average Bonchev–Trinajstić information content (AvgIpc) is 3.18. The highest BCUT2D eigenvalue weighted by molar-refractivity contribution is 7.84. The van der Waals surface area contributed by atoms with Gasteiger partial charge >= 0.3 is 0 Å². The smallest absolute Gasteiger partial charge is 0.224 e. The molecule has 2 aliphatic rings. The zero-order valence-corrected chi connectivity index (χ0v) is 33.5. The summed E-state index contributed by atoms with van der Waals surface area (Å²) in [7, 11) is -1.28. The Morgan fingerprint density at radius 2 is 1.14 bits per heavy atom. The molecule has 4 aromatic rings. The van der Waals surface area contributed by atoms with E-state index >= 15 is 0 Å². The van der Waals surface area contributed by atoms with Crippen molar-refractivity contribution >= 4 is 51.8 Å². The first-order valence-electron chi connectivity index (χ1n) is 18.6. The Morgan fingerprint density at radius 3 is 1.55 bits per heavy atom. The first-order chi connectivity index (χ1) is 26.7. The van der Waals surface area contributed by atoms with Gasteiger partial charge in [-0.15, -0.1) is 0 Å². The molecule has 15 nitrogen and oxygen atoms in total. The largest absolute Gasteiger partial charge is 0.383 e. The van der Waals surface area contributed by atoms with Crippen LogP contribution in [-0.2, 0) is 20.4 Å². The number of benzene rings is 2. The number of aromatic nitrogens is 4. The highest BCUT2D eigenvalue weighted by Crippen LogP contribution is 2.20. The van der Waals surface area contributed by atoms with Crippen molar-refractivity contribution in [2.75, 3.05) is 48.7 Å². The minimum absolute atomic E-state index is 0.0578. The van der Waals surface area contributed by atoms with Crippen molar-refractivity contribution in [3.63, 3.8) is 0 Å². The van der Waals surface area contributed by atoms with E-state index in [1.165, 1.54) is 12.4 Å². The summed E-state index contributed by atoms with van der Waals surface area (Å²) in [4.78, 5) is 67.1. The van der Waals surface area contributed by atoms with Gasteiger partial charge in [0.1, 0.15) is 11.6 Å². The number of carbonyl (C=O) groups excluding carboxylic acids is 4. The molecule has 2 fully saturated rings. The number of hydrogen-bond acceptors (Lipinski definition) is 13. The fourth-order valence-corrected chi connectivity index (χ4v) is 6.52. The number of likely N-dealkylation sites (tertiary alicyclic amines) is 2. The molecule has 0 bridgehead atoms. The summed E-state index contributed by atoms with van der Waals surface area (Å²) in [6.07, 6.45) is 6.38. The fraction of sp³-hybridized carbons (Fsp3) is 0.400. The number of nitrogen functional groups attached to an aromatic ring is 2. The van der Waals surface area contributed by atoms with Crippen molar-refractivity contribution in [2.45, 2.75) is 77.5 Å². The number of aryl methyl sites for hydroxylation is 2. The Morgan fingerprint density at radius 1 is 0.714 bits per heavy atom. The molecule has 0 saturated carbocycles. The normalized spacial score (nSPS) is 15.0. The third-order valence-corrected chi connectivity index (χ3v) is 10.6. The highest BCUT2D eigenvalue weighted by Gasteiger charge is 2.22. The Balaban J connectivity index is 0.000000205. The Kier molecular flexibility index (Phi) is 15.7. The predicted octanol–water partition coefficient (Wildman–Crippen LogP) is 3.70. The van der Waals surface area contributed by atoms with Crippen LogP contribution in [0.3, 0.4) is 0 Å². The van der Waals surface area contributed by atoms with Crippen LogP contribution in [0.25, 0.3) is 0 Å². The van der Waals surface area contributed by atoms with Gasteiger partial charge in [0.05, 0.1) is 21.9 Å². The molecular weight excluding hydrogens is 733 g/mol. The Bertz CT molecular complexity index is 2010. The molecule has 2 aliphatic heterocycles. The number of rotatable bonds is 8. The topological polar surface area (TPSA) is 233 Å². The molecule has 0 aliphatic carbocycles. The van der Waals surface area contributed by atoms with Gasteiger partial charge in [-0.1, -0.05) is 66.6 Å². The molecule has 2 aromatic carbocycles. The van der Waals surface area contributed by atoms with E-state index < -0.39 is 10.8 Å². The molecule has 298 valence electrons. The highest BCUT2D eigenvalue weighted by atomic mass is 32.2.